The Labute approximate surface area is 150 Å². The van der Waals surface area contributed by atoms with Crippen molar-refractivity contribution in [2.45, 2.75) is 30.0 Å². The lowest BCUT2D eigenvalue weighted by Gasteiger charge is -2.08. The lowest BCUT2D eigenvalue weighted by molar-refractivity contribution is 0.342. The second kappa shape index (κ2) is 9.64. The summed E-state index contributed by atoms with van der Waals surface area (Å²) in [5, 5.41) is 1.15. The maximum absolute atomic E-state index is 11.7. The Morgan fingerprint density at radius 3 is 2.58 bits per heavy atom. The Morgan fingerprint density at radius 2 is 1.92 bits per heavy atom. The molecule has 0 unspecified atom stereocenters. The molecule has 0 radical (unpaired) electrons. The molecule has 1 N–H and O–H groups in total. The van der Waals surface area contributed by atoms with Crippen molar-refractivity contribution in [2.75, 3.05) is 19.5 Å². The Bertz CT molecular complexity index is 687. The molecule has 1 heterocycles. The van der Waals surface area contributed by atoms with Crippen molar-refractivity contribution in [3.63, 3.8) is 0 Å². The van der Waals surface area contributed by atoms with E-state index in [1.807, 2.05) is 24.3 Å². The van der Waals surface area contributed by atoms with Gasteiger partial charge in [0, 0.05) is 17.6 Å². The van der Waals surface area contributed by atoms with Crippen LogP contribution in [-0.2, 0) is 5.75 Å². The Kier molecular flexibility index (Phi) is 7.52. The van der Waals surface area contributed by atoms with E-state index in [4.69, 9.17) is 9.47 Å². The van der Waals surface area contributed by atoms with Crippen molar-refractivity contribution >= 4 is 23.5 Å². The van der Waals surface area contributed by atoms with E-state index >= 15 is 0 Å². The van der Waals surface area contributed by atoms with E-state index in [1.54, 1.807) is 24.9 Å². The van der Waals surface area contributed by atoms with Crippen molar-refractivity contribution < 1.29 is 9.47 Å². The summed E-state index contributed by atoms with van der Waals surface area (Å²) in [5.74, 6) is 3.04. The number of nitrogens with one attached hydrogen (secondary N) is 1. The van der Waals surface area contributed by atoms with Gasteiger partial charge in [0.05, 0.1) is 19.4 Å². The molecule has 0 saturated heterocycles. The number of nitrogens with zero attached hydrogens (tertiary/aromatic N) is 1. The molecule has 0 aliphatic heterocycles. The fourth-order valence-corrected chi connectivity index (χ4v) is 3.21. The van der Waals surface area contributed by atoms with Crippen LogP contribution in [0.25, 0.3) is 0 Å². The minimum atomic E-state index is -0.108. The highest BCUT2D eigenvalue weighted by atomic mass is 32.2. The van der Waals surface area contributed by atoms with Gasteiger partial charge >= 0.3 is 0 Å². The minimum absolute atomic E-state index is 0.108. The van der Waals surface area contributed by atoms with E-state index in [1.165, 1.54) is 11.8 Å². The SMILES string of the molecule is COc1ccc(OCCSc2nc(CSC(C)C)cc(=O)[nH]2)cc1. The predicted molar refractivity (Wildman–Crippen MR) is 101 cm³/mol. The zero-order valence-electron chi connectivity index (χ0n) is 14.1. The third-order valence-electron chi connectivity index (χ3n) is 2.99. The van der Waals surface area contributed by atoms with Crippen molar-refractivity contribution in [2.24, 2.45) is 0 Å². The number of hydrogen-bond donors (Lipinski definition) is 1. The Morgan fingerprint density at radius 1 is 1.21 bits per heavy atom. The summed E-state index contributed by atoms with van der Waals surface area (Å²) in [4.78, 5) is 19.0. The molecule has 0 saturated carbocycles. The van der Waals surface area contributed by atoms with Crippen LogP contribution in [0.2, 0.25) is 0 Å². The van der Waals surface area contributed by atoms with E-state index in [0.29, 0.717) is 22.8 Å². The average Bonchev–Trinajstić information content (AvgIpc) is 2.57. The number of methoxy groups -OCH3 is 1. The molecular formula is C17H22N2O3S2. The van der Waals surface area contributed by atoms with Gasteiger partial charge in [-0.2, -0.15) is 11.8 Å². The summed E-state index contributed by atoms with van der Waals surface area (Å²) in [7, 11) is 1.63. The van der Waals surface area contributed by atoms with Gasteiger partial charge in [0.25, 0.3) is 5.56 Å². The molecule has 0 amide bonds. The summed E-state index contributed by atoms with van der Waals surface area (Å²) < 4.78 is 10.8. The number of aromatic amines is 1. The van der Waals surface area contributed by atoms with E-state index in [0.717, 1.165) is 22.9 Å². The Balaban J connectivity index is 1.81. The molecule has 0 aliphatic rings. The van der Waals surface area contributed by atoms with Crippen LogP contribution < -0.4 is 15.0 Å². The fraction of sp³-hybridized carbons (Fsp3) is 0.412. The molecule has 130 valence electrons. The number of hydrogen-bond acceptors (Lipinski definition) is 6. The molecule has 0 spiro atoms. The van der Waals surface area contributed by atoms with E-state index in [-0.39, 0.29) is 5.56 Å². The number of benzene rings is 1. The maximum Gasteiger partial charge on any atom is 0.251 e. The van der Waals surface area contributed by atoms with Gasteiger partial charge in [0.15, 0.2) is 5.16 Å². The number of ether oxygens (including phenoxy) is 2. The van der Waals surface area contributed by atoms with Gasteiger partial charge in [-0.15, -0.1) is 0 Å². The molecular weight excluding hydrogens is 344 g/mol. The highest BCUT2D eigenvalue weighted by molar-refractivity contribution is 7.99. The first-order chi connectivity index (χ1) is 11.6. The molecule has 0 bridgehead atoms. The normalized spacial score (nSPS) is 10.8. The molecule has 1 aromatic carbocycles. The largest absolute Gasteiger partial charge is 0.497 e. The lowest BCUT2D eigenvalue weighted by atomic mass is 10.3. The summed E-state index contributed by atoms with van der Waals surface area (Å²) in [6.07, 6.45) is 0. The highest BCUT2D eigenvalue weighted by Crippen LogP contribution is 2.19. The number of aromatic nitrogens is 2. The molecule has 0 aliphatic carbocycles. The van der Waals surface area contributed by atoms with E-state index < -0.39 is 0 Å². The van der Waals surface area contributed by atoms with Gasteiger partial charge in [0.1, 0.15) is 11.5 Å². The number of rotatable bonds is 9. The third-order valence-corrected chi connectivity index (χ3v) is 4.95. The lowest BCUT2D eigenvalue weighted by Crippen LogP contribution is -2.11. The second-order valence-corrected chi connectivity index (χ2v) is 7.92. The first-order valence-corrected chi connectivity index (χ1v) is 9.72. The number of H-pyrrole nitrogens is 1. The van der Waals surface area contributed by atoms with Crippen LogP contribution in [-0.4, -0.2) is 34.7 Å². The zero-order chi connectivity index (χ0) is 17.4. The molecule has 7 heteroatoms. The van der Waals surface area contributed by atoms with Gasteiger partial charge < -0.3 is 14.5 Å². The monoisotopic (exact) mass is 366 g/mol. The molecule has 1 aromatic heterocycles. The molecule has 0 atom stereocenters. The quantitative estimate of drug-likeness (QED) is 0.416. The molecule has 24 heavy (non-hydrogen) atoms. The van der Waals surface area contributed by atoms with Gasteiger partial charge in [-0.1, -0.05) is 25.6 Å². The molecule has 5 nitrogen and oxygen atoms in total. The minimum Gasteiger partial charge on any atom is -0.497 e. The van der Waals surface area contributed by atoms with Crippen molar-refractivity contribution in [3.8, 4) is 11.5 Å². The van der Waals surface area contributed by atoms with E-state index in [2.05, 4.69) is 23.8 Å². The van der Waals surface area contributed by atoms with Gasteiger partial charge in [-0.3, -0.25) is 4.79 Å². The maximum atomic E-state index is 11.7. The van der Waals surface area contributed by atoms with Crippen LogP contribution in [0.3, 0.4) is 0 Å². The number of thioether (sulfide) groups is 2. The summed E-state index contributed by atoms with van der Waals surface area (Å²) in [6.45, 7) is 4.79. The first-order valence-electron chi connectivity index (χ1n) is 7.68. The van der Waals surface area contributed by atoms with Crippen molar-refractivity contribution in [1.82, 2.24) is 9.97 Å². The van der Waals surface area contributed by atoms with Gasteiger partial charge in [-0.05, 0) is 29.5 Å². The summed E-state index contributed by atoms with van der Waals surface area (Å²) in [6, 6.07) is 9.02. The fourth-order valence-electron chi connectivity index (χ4n) is 1.85. The molecule has 2 aromatic rings. The highest BCUT2D eigenvalue weighted by Gasteiger charge is 2.04. The zero-order valence-corrected chi connectivity index (χ0v) is 15.7. The van der Waals surface area contributed by atoms with Gasteiger partial charge in [-0.25, -0.2) is 4.98 Å². The van der Waals surface area contributed by atoms with E-state index in [9.17, 15) is 4.79 Å². The van der Waals surface area contributed by atoms with Crippen LogP contribution in [0, 0.1) is 0 Å². The summed E-state index contributed by atoms with van der Waals surface area (Å²) >= 11 is 3.26. The topological polar surface area (TPSA) is 64.2 Å². The standard InChI is InChI=1S/C17H22N2O3S2/c1-12(2)24-11-13-10-16(20)19-17(18-13)23-9-8-22-15-6-4-14(21-3)5-7-15/h4-7,10,12H,8-9,11H2,1-3H3,(H,18,19,20). The van der Waals surface area contributed by atoms with Crippen LogP contribution in [0.4, 0.5) is 0 Å². The Hall–Kier alpha value is -1.60. The van der Waals surface area contributed by atoms with Crippen LogP contribution in [0.15, 0.2) is 40.3 Å². The molecule has 0 fully saturated rings. The van der Waals surface area contributed by atoms with Crippen LogP contribution in [0.5, 0.6) is 11.5 Å². The van der Waals surface area contributed by atoms with Crippen LogP contribution in [0.1, 0.15) is 19.5 Å². The smallest absolute Gasteiger partial charge is 0.251 e. The molecule has 2 rings (SSSR count). The third kappa shape index (κ3) is 6.49. The first kappa shape index (κ1) is 18.7. The predicted octanol–water partition coefficient (Wildman–Crippen LogP) is 3.59. The summed E-state index contributed by atoms with van der Waals surface area (Å²) in [5.41, 5.74) is 0.707. The van der Waals surface area contributed by atoms with Crippen molar-refractivity contribution in [3.05, 3.63) is 46.4 Å². The van der Waals surface area contributed by atoms with Gasteiger partial charge in [0.2, 0.25) is 0 Å². The van der Waals surface area contributed by atoms with Crippen molar-refractivity contribution in [1.29, 1.82) is 0 Å². The second-order valence-electron chi connectivity index (χ2n) is 5.27. The average molecular weight is 367 g/mol. The van der Waals surface area contributed by atoms with Crippen LogP contribution >= 0.6 is 23.5 Å².